The molecule has 2 N–H and O–H groups in total. The number of anilines is 1. The van der Waals surface area contributed by atoms with E-state index in [1.54, 1.807) is 24.3 Å². The summed E-state index contributed by atoms with van der Waals surface area (Å²) in [7, 11) is -3.46. The number of likely N-dealkylation sites (tertiary alicyclic amines) is 1. The van der Waals surface area contributed by atoms with Gasteiger partial charge in [-0.3, -0.25) is 4.79 Å². The van der Waals surface area contributed by atoms with E-state index in [-0.39, 0.29) is 16.7 Å². The van der Waals surface area contributed by atoms with Crippen molar-refractivity contribution in [2.24, 2.45) is 11.8 Å². The average molecular weight is 378 g/mol. The average Bonchev–Trinajstić information content (AvgIpc) is 3.55. The van der Waals surface area contributed by atoms with E-state index in [0.717, 1.165) is 44.8 Å². The molecule has 0 bridgehead atoms. The third-order valence-corrected chi connectivity index (χ3v) is 7.09. The molecular weight excluding hydrogens is 350 g/mol. The number of carbonyl (C=O) groups is 1. The molecule has 7 heteroatoms. The fourth-order valence-electron chi connectivity index (χ4n) is 3.56. The van der Waals surface area contributed by atoms with Crippen molar-refractivity contribution < 1.29 is 13.2 Å². The minimum Gasteiger partial charge on any atom is -0.326 e. The van der Waals surface area contributed by atoms with Gasteiger partial charge in [0.1, 0.15) is 0 Å². The van der Waals surface area contributed by atoms with Gasteiger partial charge >= 0.3 is 0 Å². The third-order valence-electron chi connectivity index (χ3n) is 5.65. The number of benzene rings is 1. The lowest BCUT2D eigenvalue weighted by Crippen LogP contribution is -2.39. The van der Waals surface area contributed by atoms with Gasteiger partial charge in [-0.2, -0.15) is 0 Å². The summed E-state index contributed by atoms with van der Waals surface area (Å²) < 4.78 is 27.1. The number of piperidine rings is 1. The van der Waals surface area contributed by atoms with Crippen LogP contribution in [0.1, 0.15) is 38.5 Å². The second-order valence-electron chi connectivity index (χ2n) is 7.85. The number of amides is 1. The van der Waals surface area contributed by atoms with Crippen molar-refractivity contribution in [3.8, 4) is 0 Å². The standard InChI is InChI=1S/C19H27N3O3S/c23-19(15-9-11-22(12-10-15)17-5-6-17)21-16-3-7-18(8-4-16)26(24,25)20-13-14-1-2-14/h3-4,7-8,14-15,17,20H,1-2,5-6,9-13H2,(H,21,23). The molecule has 2 saturated carbocycles. The number of nitrogens with one attached hydrogen (secondary N) is 2. The highest BCUT2D eigenvalue weighted by Gasteiger charge is 2.33. The largest absolute Gasteiger partial charge is 0.326 e. The first-order valence-electron chi connectivity index (χ1n) is 9.66. The summed E-state index contributed by atoms with van der Waals surface area (Å²) in [4.78, 5) is 15.2. The summed E-state index contributed by atoms with van der Waals surface area (Å²) in [5.74, 6) is 0.589. The van der Waals surface area contributed by atoms with Gasteiger partial charge in [-0.15, -0.1) is 0 Å². The van der Waals surface area contributed by atoms with Gasteiger partial charge in [-0.25, -0.2) is 13.1 Å². The second kappa shape index (κ2) is 7.29. The zero-order valence-corrected chi connectivity index (χ0v) is 15.8. The number of carbonyl (C=O) groups excluding carboxylic acids is 1. The first-order chi connectivity index (χ1) is 12.5. The predicted molar refractivity (Wildman–Crippen MR) is 100 cm³/mol. The molecule has 0 aromatic heterocycles. The topological polar surface area (TPSA) is 78.5 Å². The van der Waals surface area contributed by atoms with E-state index in [0.29, 0.717) is 18.2 Å². The quantitative estimate of drug-likeness (QED) is 0.763. The van der Waals surface area contributed by atoms with Crippen LogP contribution < -0.4 is 10.0 Å². The highest BCUT2D eigenvalue weighted by molar-refractivity contribution is 7.89. The van der Waals surface area contributed by atoms with Gasteiger partial charge in [0, 0.05) is 24.2 Å². The van der Waals surface area contributed by atoms with E-state index in [2.05, 4.69) is 14.9 Å². The van der Waals surface area contributed by atoms with Crippen molar-refractivity contribution in [2.75, 3.05) is 25.0 Å². The van der Waals surface area contributed by atoms with Crippen LogP contribution in [0.15, 0.2) is 29.2 Å². The van der Waals surface area contributed by atoms with Gasteiger partial charge in [-0.1, -0.05) is 0 Å². The van der Waals surface area contributed by atoms with Crippen molar-refractivity contribution >= 4 is 21.6 Å². The summed E-state index contributed by atoms with van der Waals surface area (Å²) in [6, 6.07) is 7.22. The van der Waals surface area contributed by atoms with Crippen LogP contribution in [0, 0.1) is 11.8 Å². The summed E-state index contributed by atoms with van der Waals surface area (Å²) in [5, 5.41) is 2.94. The Labute approximate surface area is 155 Å². The van der Waals surface area contributed by atoms with Crippen molar-refractivity contribution in [3.63, 3.8) is 0 Å². The highest BCUT2D eigenvalue weighted by atomic mass is 32.2. The first-order valence-corrected chi connectivity index (χ1v) is 11.1. The molecule has 1 amide bonds. The van der Waals surface area contributed by atoms with Crippen molar-refractivity contribution in [1.82, 2.24) is 9.62 Å². The molecule has 4 rings (SSSR count). The maximum Gasteiger partial charge on any atom is 0.240 e. The van der Waals surface area contributed by atoms with E-state index in [9.17, 15) is 13.2 Å². The maximum atomic E-state index is 12.5. The smallest absolute Gasteiger partial charge is 0.240 e. The molecule has 3 aliphatic rings. The summed E-state index contributed by atoms with van der Waals surface area (Å²) >= 11 is 0. The minimum atomic E-state index is -3.46. The number of sulfonamides is 1. The zero-order valence-electron chi connectivity index (χ0n) is 15.0. The predicted octanol–water partition coefficient (Wildman–Crippen LogP) is 2.19. The van der Waals surface area contributed by atoms with E-state index in [1.807, 2.05) is 0 Å². The molecule has 1 saturated heterocycles. The molecular formula is C19H27N3O3S. The fourth-order valence-corrected chi connectivity index (χ4v) is 4.68. The third kappa shape index (κ3) is 4.45. The van der Waals surface area contributed by atoms with Gasteiger partial charge in [-0.05, 0) is 81.8 Å². The van der Waals surface area contributed by atoms with Crippen molar-refractivity contribution in [1.29, 1.82) is 0 Å². The number of hydrogen-bond acceptors (Lipinski definition) is 4. The van der Waals surface area contributed by atoms with Crippen LogP contribution in [0.4, 0.5) is 5.69 Å². The van der Waals surface area contributed by atoms with E-state index in [1.165, 1.54) is 12.8 Å². The van der Waals surface area contributed by atoms with Crippen LogP contribution >= 0.6 is 0 Å². The van der Waals surface area contributed by atoms with Crippen LogP contribution in [-0.4, -0.2) is 44.9 Å². The molecule has 26 heavy (non-hydrogen) atoms. The Morgan fingerprint density at radius 2 is 1.65 bits per heavy atom. The van der Waals surface area contributed by atoms with Crippen molar-refractivity contribution in [3.05, 3.63) is 24.3 Å². The summed E-state index contributed by atoms with van der Waals surface area (Å²) in [5.41, 5.74) is 0.653. The minimum absolute atomic E-state index is 0.0444. The molecule has 1 aromatic rings. The van der Waals surface area contributed by atoms with Crippen LogP contribution in [0.25, 0.3) is 0 Å². The molecule has 6 nitrogen and oxygen atoms in total. The Bertz CT molecular complexity index is 747. The van der Waals surface area contributed by atoms with Crippen LogP contribution in [0.2, 0.25) is 0 Å². The molecule has 142 valence electrons. The van der Waals surface area contributed by atoms with E-state index < -0.39 is 10.0 Å². The van der Waals surface area contributed by atoms with Crippen LogP contribution in [-0.2, 0) is 14.8 Å². The molecule has 1 heterocycles. The Kier molecular flexibility index (Phi) is 5.03. The lowest BCUT2D eigenvalue weighted by atomic mass is 9.95. The van der Waals surface area contributed by atoms with Crippen molar-refractivity contribution in [2.45, 2.75) is 49.5 Å². The molecule has 0 atom stereocenters. The molecule has 1 aliphatic heterocycles. The normalized spacial score (nSPS) is 22.3. The summed E-state index contributed by atoms with van der Waals surface area (Å²) in [6.45, 7) is 2.53. The maximum absolute atomic E-state index is 12.5. The monoisotopic (exact) mass is 377 g/mol. The molecule has 0 radical (unpaired) electrons. The van der Waals surface area contributed by atoms with E-state index in [4.69, 9.17) is 0 Å². The number of nitrogens with zero attached hydrogens (tertiary/aromatic N) is 1. The number of rotatable bonds is 7. The molecule has 1 aromatic carbocycles. The Balaban J connectivity index is 1.29. The highest BCUT2D eigenvalue weighted by Crippen LogP contribution is 2.31. The molecule has 2 aliphatic carbocycles. The molecule has 0 unspecified atom stereocenters. The van der Waals surface area contributed by atoms with Gasteiger partial charge in [0.05, 0.1) is 4.90 Å². The van der Waals surface area contributed by atoms with Gasteiger partial charge in [0.15, 0.2) is 0 Å². The Morgan fingerprint density at radius 3 is 2.23 bits per heavy atom. The first kappa shape index (κ1) is 17.9. The van der Waals surface area contributed by atoms with Crippen LogP contribution in [0.5, 0.6) is 0 Å². The molecule has 0 spiro atoms. The van der Waals surface area contributed by atoms with Gasteiger partial charge in [0.25, 0.3) is 0 Å². The lowest BCUT2D eigenvalue weighted by molar-refractivity contribution is -0.121. The zero-order chi connectivity index (χ0) is 18.1. The summed E-state index contributed by atoms with van der Waals surface area (Å²) in [6.07, 6.45) is 6.63. The van der Waals surface area contributed by atoms with Gasteiger partial charge < -0.3 is 10.2 Å². The molecule has 3 fully saturated rings. The Morgan fingerprint density at radius 1 is 1.00 bits per heavy atom. The van der Waals surface area contributed by atoms with E-state index >= 15 is 0 Å². The Hall–Kier alpha value is -1.44. The van der Waals surface area contributed by atoms with Crippen LogP contribution in [0.3, 0.4) is 0 Å². The fraction of sp³-hybridized carbons (Fsp3) is 0.632. The SMILES string of the molecule is O=C(Nc1ccc(S(=O)(=O)NCC2CC2)cc1)C1CCN(C2CC2)CC1. The second-order valence-corrected chi connectivity index (χ2v) is 9.62. The lowest BCUT2D eigenvalue weighted by Gasteiger charge is -2.31. The van der Waals surface area contributed by atoms with Gasteiger partial charge in [0.2, 0.25) is 15.9 Å². The number of hydrogen-bond donors (Lipinski definition) is 2.